The van der Waals surface area contributed by atoms with Crippen molar-refractivity contribution in [1.29, 1.82) is 0 Å². The zero-order valence-electron chi connectivity index (χ0n) is 23.1. The van der Waals surface area contributed by atoms with Gasteiger partial charge in [-0.2, -0.15) is 0 Å². The van der Waals surface area contributed by atoms with Crippen molar-refractivity contribution in [2.24, 2.45) is 0 Å². The first kappa shape index (κ1) is 28.8. The second kappa shape index (κ2) is 11.7. The van der Waals surface area contributed by atoms with Crippen LogP contribution in [0.3, 0.4) is 0 Å². The Hall–Kier alpha value is -3.77. The predicted molar refractivity (Wildman–Crippen MR) is 161 cm³/mol. The predicted octanol–water partition coefficient (Wildman–Crippen LogP) is 8.72. The first-order valence-corrected chi connectivity index (χ1v) is 13.2. The molecule has 0 aliphatic carbocycles. The number of nitrogens with one attached hydrogen (secondary N) is 1. The van der Waals surface area contributed by atoms with Crippen molar-refractivity contribution in [3.8, 4) is 0 Å². The highest BCUT2D eigenvalue weighted by Crippen LogP contribution is 2.32. The van der Waals surface area contributed by atoms with E-state index in [4.69, 9.17) is 4.42 Å². The zero-order chi connectivity index (χ0) is 28.3. The number of carbonyl (C=O) groups is 1. The Balaban J connectivity index is 2.10. The number of fused-ring (bicyclic) bond motifs is 1. The Morgan fingerprint density at radius 1 is 1.05 bits per heavy atom. The second-order valence-electron chi connectivity index (χ2n) is 9.74. The Bertz CT molecular complexity index is 1570. The molecule has 6 heteroatoms. The molecule has 1 unspecified atom stereocenters. The normalized spacial score (nSPS) is 12.9. The van der Waals surface area contributed by atoms with Gasteiger partial charge in [0, 0.05) is 22.4 Å². The maximum absolute atomic E-state index is 13.4. The second-order valence-corrected chi connectivity index (χ2v) is 11.3. The highest BCUT2D eigenvalue weighted by atomic mass is 32.2. The zero-order valence-corrected chi connectivity index (χ0v) is 23.9. The average Bonchev–Trinajstić information content (AvgIpc) is 2.84. The summed E-state index contributed by atoms with van der Waals surface area (Å²) in [6.45, 7) is 21.6. The molecule has 0 aliphatic heterocycles. The van der Waals surface area contributed by atoms with E-state index in [0.29, 0.717) is 33.6 Å². The Morgan fingerprint density at radius 3 is 2.37 bits per heavy atom. The van der Waals surface area contributed by atoms with Crippen molar-refractivity contribution >= 4 is 40.0 Å². The van der Waals surface area contributed by atoms with E-state index in [1.54, 1.807) is 30.8 Å². The topological polar surface area (TPSA) is 79.5 Å². The fourth-order valence-electron chi connectivity index (χ4n) is 4.23. The summed E-state index contributed by atoms with van der Waals surface area (Å²) < 4.78 is 6.39. The number of thioether (sulfide) groups is 1. The first-order valence-electron chi connectivity index (χ1n) is 12.4. The number of anilines is 1. The van der Waals surface area contributed by atoms with Gasteiger partial charge in [-0.25, -0.2) is 4.79 Å². The van der Waals surface area contributed by atoms with Crippen molar-refractivity contribution in [2.45, 2.75) is 54.5 Å². The summed E-state index contributed by atoms with van der Waals surface area (Å²) >= 11 is 1.62. The monoisotopic (exact) mass is 529 g/mol. The summed E-state index contributed by atoms with van der Waals surface area (Å²) in [7, 11) is 0. The minimum atomic E-state index is -1.01. The summed E-state index contributed by atoms with van der Waals surface area (Å²) in [6, 6.07) is 8.70. The molecule has 1 heterocycles. The molecule has 0 saturated carbocycles. The van der Waals surface area contributed by atoms with Gasteiger partial charge in [0.1, 0.15) is 11.3 Å². The quantitative estimate of drug-likeness (QED) is 0.270. The van der Waals surface area contributed by atoms with Gasteiger partial charge in [0.25, 0.3) is 0 Å². The third-order valence-corrected chi connectivity index (χ3v) is 7.32. The molecule has 198 valence electrons. The lowest BCUT2D eigenvalue weighted by atomic mass is 9.98. The van der Waals surface area contributed by atoms with Crippen molar-refractivity contribution in [2.75, 3.05) is 5.32 Å². The summed E-state index contributed by atoms with van der Waals surface area (Å²) in [5.74, 6) is -0.582. The molecule has 0 aliphatic rings. The van der Waals surface area contributed by atoms with Gasteiger partial charge in [-0.3, -0.25) is 4.79 Å². The molecule has 0 radical (unpaired) electrons. The maximum Gasteiger partial charge on any atom is 0.337 e. The summed E-state index contributed by atoms with van der Waals surface area (Å²) in [5, 5.41) is 13.5. The van der Waals surface area contributed by atoms with Gasteiger partial charge in [0.05, 0.1) is 17.0 Å². The number of aromatic carboxylic acids is 1. The molecule has 2 aromatic carbocycles. The van der Waals surface area contributed by atoms with Crippen molar-refractivity contribution in [1.82, 2.24) is 0 Å². The largest absolute Gasteiger partial charge is 0.478 e. The third-order valence-electron chi connectivity index (χ3n) is 6.34. The van der Waals surface area contributed by atoms with Gasteiger partial charge >= 0.3 is 5.97 Å². The fraction of sp³-hybridized carbons (Fsp3) is 0.250. The van der Waals surface area contributed by atoms with Gasteiger partial charge in [0.2, 0.25) is 0 Å². The van der Waals surface area contributed by atoms with E-state index < -0.39 is 5.97 Å². The van der Waals surface area contributed by atoms with E-state index in [1.165, 1.54) is 0 Å². The number of aryl methyl sites for hydroxylation is 2. The molecule has 0 bridgehead atoms. The number of rotatable bonds is 9. The number of hydrogen-bond acceptors (Lipinski definition) is 5. The average molecular weight is 530 g/mol. The van der Waals surface area contributed by atoms with E-state index in [1.807, 2.05) is 71.9 Å². The lowest BCUT2D eigenvalue weighted by Crippen LogP contribution is -2.14. The van der Waals surface area contributed by atoms with E-state index in [0.717, 1.165) is 32.1 Å². The summed E-state index contributed by atoms with van der Waals surface area (Å²) in [6.07, 6.45) is 3.82. The smallest absolute Gasteiger partial charge is 0.337 e. The van der Waals surface area contributed by atoms with E-state index in [2.05, 4.69) is 18.5 Å². The molecule has 0 saturated heterocycles. The standard InChI is InChI=1S/C32H35NO4S/c1-17(2)38-24(9)20(5)11-12-21(6)30-22(7)29(34)27-16-19(4)15-25(31(27)37-30)23(8)33-28-13-10-18(3)14-26(28)32(35)36/h10-16,23,33H,1,6H2,2-5,7-9H3,(H,35,36)/b12-11-,24-20+. The molecule has 1 atom stereocenters. The summed E-state index contributed by atoms with van der Waals surface area (Å²) in [5.41, 5.74) is 5.71. The van der Waals surface area contributed by atoms with E-state index in [-0.39, 0.29) is 17.0 Å². The van der Waals surface area contributed by atoms with Gasteiger partial charge in [-0.05, 0) is 87.6 Å². The first-order chi connectivity index (χ1) is 17.8. The summed E-state index contributed by atoms with van der Waals surface area (Å²) in [4.78, 5) is 27.4. The maximum atomic E-state index is 13.4. The van der Waals surface area contributed by atoms with Crippen LogP contribution in [0.5, 0.6) is 0 Å². The Labute approximate surface area is 228 Å². The minimum Gasteiger partial charge on any atom is -0.478 e. The Morgan fingerprint density at radius 2 is 1.74 bits per heavy atom. The van der Waals surface area contributed by atoms with E-state index in [9.17, 15) is 14.7 Å². The molecule has 0 amide bonds. The van der Waals surface area contributed by atoms with Crippen LogP contribution < -0.4 is 10.7 Å². The lowest BCUT2D eigenvalue weighted by Gasteiger charge is -2.20. The van der Waals surface area contributed by atoms with Crippen molar-refractivity contribution < 1.29 is 14.3 Å². The van der Waals surface area contributed by atoms with Crippen LogP contribution >= 0.6 is 11.8 Å². The molecule has 0 fully saturated rings. The number of hydrogen-bond donors (Lipinski definition) is 2. The van der Waals surface area contributed by atoms with Crippen LogP contribution in [0.15, 0.2) is 80.2 Å². The molecular weight excluding hydrogens is 494 g/mol. The van der Waals surface area contributed by atoms with Crippen LogP contribution in [0.2, 0.25) is 0 Å². The highest BCUT2D eigenvalue weighted by Gasteiger charge is 2.20. The molecule has 3 rings (SSSR count). The van der Waals surface area contributed by atoms with Gasteiger partial charge in [-0.1, -0.05) is 54.8 Å². The Kier molecular flexibility index (Phi) is 8.89. The molecule has 38 heavy (non-hydrogen) atoms. The molecule has 5 nitrogen and oxygen atoms in total. The van der Waals surface area contributed by atoms with Crippen LogP contribution in [0.4, 0.5) is 5.69 Å². The minimum absolute atomic E-state index is 0.115. The number of carboxylic acids is 1. The fourth-order valence-corrected chi connectivity index (χ4v) is 4.98. The van der Waals surface area contributed by atoms with Gasteiger partial charge < -0.3 is 14.8 Å². The third kappa shape index (κ3) is 6.37. The van der Waals surface area contributed by atoms with Crippen LogP contribution in [-0.2, 0) is 0 Å². The molecule has 3 aromatic rings. The van der Waals surface area contributed by atoms with Crippen molar-refractivity contribution in [3.05, 3.63) is 115 Å². The lowest BCUT2D eigenvalue weighted by molar-refractivity contribution is 0.0697. The molecular formula is C32H35NO4S. The molecule has 1 aromatic heterocycles. The molecule has 0 spiro atoms. The number of allylic oxidation sites excluding steroid dienone is 6. The van der Waals surface area contributed by atoms with Crippen LogP contribution in [0.25, 0.3) is 16.5 Å². The highest BCUT2D eigenvalue weighted by molar-refractivity contribution is 8.06. The SMILES string of the molecule is C=C(C)S/C(C)=C(C)/C=C\C(=C)c1oc2c(C(C)Nc3ccc(C)cc3C(=O)O)cc(C)cc2c(=O)c1C. The van der Waals surface area contributed by atoms with Crippen LogP contribution in [0.1, 0.15) is 72.1 Å². The van der Waals surface area contributed by atoms with E-state index >= 15 is 0 Å². The number of carboxylic acid groups (broad SMARTS) is 1. The van der Waals surface area contributed by atoms with Gasteiger partial charge in [0.15, 0.2) is 5.43 Å². The van der Waals surface area contributed by atoms with Crippen LogP contribution in [-0.4, -0.2) is 11.1 Å². The number of benzene rings is 2. The van der Waals surface area contributed by atoms with Crippen molar-refractivity contribution in [3.63, 3.8) is 0 Å². The van der Waals surface area contributed by atoms with Crippen LogP contribution in [0, 0.1) is 20.8 Å². The molecule has 2 N–H and O–H groups in total. The van der Waals surface area contributed by atoms with Gasteiger partial charge in [-0.15, -0.1) is 0 Å².